The van der Waals surface area contributed by atoms with E-state index in [9.17, 15) is 13.2 Å². The summed E-state index contributed by atoms with van der Waals surface area (Å²) in [5.41, 5.74) is 6.59. The monoisotopic (exact) mass is 339 g/mol. The maximum Gasteiger partial charge on any atom is 0.411 e. The maximum absolute atomic E-state index is 11.9. The van der Waals surface area contributed by atoms with Crippen LogP contribution in [0.2, 0.25) is 0 Å². The summed E-state index contributed by atoms with van der Waals surface area (Å²) in [5, 5.41) is 0. The normalized spacial score (nSPS) is 15.8. The Kier molecular flexibility index (Phi) is 4.29. The maximum atomic E-state index is 11.9. The molecule has 2 rings (SSSR count). The first-order valence-corrected chi connectivity index (χ1v) is 6.62. The fraction of sp³-hybridized carbons (Fsp3) is 0.636. The van der Waals surface area contributed by atoms with Crippen molar-refractivity contribution in [3.05, 3.63) is 16.0 Å². The fourth-order valence-electron chi connectivity index (χ4n) is 1.62. The van der Waals surface area contributed by atoms with E-state index in [-0.39, 0.29) is 13.0 Å². The Balaban J connectivity index is 1.93. The molecular formula is C11H13BrF3N3O. The molecule has 8 heteroatoms. The van der Waals surface area contributed by atoms with E-state index < -0.39 is 12.8 Å². The van der Waals surface area contributed by atoms with Crippen molar-refractivity contribution in [1.82, 2.24) is 9.97 Å². The minimum atomic E-state index is -4.31. The summed E-state index contributed by atoms with van der Waals surface area (Å²) in [6.07, 6.45) is -1.98. The first-order valence-electron chi connectivity index (χ1n) is 5.83. The average Bonchev–Trinajstić information content (AvgIpc) is 3.11. The molecule has 0 atom stereocenters. The summed E-state index contributed by atoms with van der Waals surface area (Å²) >= 11 is 3.33. The third kappa shape index (κ3) is 4.31. The molecule has 0 saturated heterocycles. The zero-order valence-corrected chi connectivity index (χ0v) is 11.6. The molecular weight excluding hydrogens is 327 g/mol. The van der Waals surface area contributed by atoms with Crippen LogP contribution in [0, 0.1) is 0 Å². The first-order chi connectivity index (χ1) is 8.87. The second-order valence-corrected chi connectivity index (χ2v) is 5.21. The van der Waals surface area contributed by atoms with Crippen molar-refractivity contribution < 1.29 is 17.9 Å². The van der Waals surface area contributed by atoms with Gasteiger partial charge in [0.15, 0.2) is 0 Å². The van der Waals surface area contributed by atoms with Gasteiger partial charge >= 0.3 is 6.18 Å². The fourth-order valence-corrected chi connectivity index (χ4v) is 2.12. The number of aromatic nitrogens is 2. The van der Waals surface area contributed by atoms with E-state index in [4.69, 9.17) is 5.73 Å². The molecule has 1 fully saturated rings. The SMILES string of the molecule is Nc1nc(CCOCC(F)(F)F)nc(C2CC2)c1Br. The molecule has 1 aliphatic carbocycles. The van der Waals surface area contributed by atoms with Gasteiger partial charge in [-0.05, 0) is 28.8 Å². The zero-order valence-electron chi connectivity index (χ0n) is 10.0. The van der Waals surface area contributed by atoms with Crippen molar-refractivity contribution in [2.24, 2.45) is 0 Å². The number of nitrogens with zero attached hydrogens (tertiary/aromatic N) is 2. The Morgan fingerprint density at radius 1 is 1.32 bits per heavy atom. The molecule has 106 valence electrons. The van der Waals surface area contributed by atoms with Crippen LogP contribution < -0.4 is 5.73 Å². The molecule has 0 unspecified atom stereocenters. The van der Waals surface area contributed by atoms with Gasteiger partial charge in [0.25, 0.3) is 0 Å². The van der Waals surface area contributed by atoms with Crippen molar-refractivity contribution in [2.75, 3.05) is 18.9 Å². The highest BCUT2D eigenvalue weighted by Crippen LogP contribution is 2.43. The van der Waals surface area contributed by atoms with Gasteiger partial charge in [-0.1, -0.05) is 0 Å². The molecule has 4 nitrogen and oxygen atoms in total. The van der Waals surface area contributed by atoms with Crippen LogP contribution in [0.25, 0.3) is 0 Å². The number of anilines is 1. The van der Waals surface area contributed by atoms with Crippen LogP contribution in [-0.2, 0) is 11.2 Å². The molecule has 0 amide bonds. The molecule has 0 radical (unpaired) electrons. The van der Waals surface area contributed by atoms with E-state index in [0.717, 1.165) is 18.5 Å². The van der Waals surface area contributed by atoms with Crippen LogP contribution in [0.5, 0.6) is 0 Å². The second-order valence-electron chi connectivity index (χ2n) is 4.42. The van der Waals surface area contributed by atoms with Crippen molar-refractivity contribution in [3.8, 4) is 0 Å². The predicted octanol–water partition coefficient (Wildman–Crippen LogP) is 2.82. The highest BCUT2D eigenvalue weighted by atomic mass is 79.9. The van der Waals surface area contributed by atoms with E-state index in [2.05, 4.69) is 30.6 Å². The third-order valence-corrected chi connectivity index (χ3v) is 3.46. The Morgan fingerprint density at radius 3 is 2.58 bits per heavy atom. The van der Waals surface area contributed by atoms with E-state index >= 15 is 0 Å². The molecule has 1 heterocycles. The lowest BCUT2D eigenvalue weighted by molar-refractivity contribution is -0.173. The molecule has 19 heavy (non-hydrogen) atoms. The number of hydrogen-bond acceptors (Lipinski definition) is 4. The molecule has 0 spiro atoms. The average molecular weight is 340 g/mol. The van der Waals surface area contributed by atoms with Crippen LogP contribution in [0.15, 0.2) is 4.47 Å². The van der Waals surface area contributed by atoms with Crippen LogP contribution in [0.4, 0.5) is 19.0 Å². The van der Waals surface area contributed by atoms with Gasteiger partial charge in [-0.2, -0.15) is 13.2 Å². The number of alkyl halides is 3. The molecule has 1 saturated carbocycles. The summed E-state index contributed by atoms with van der Waals surface area (Å²) in [5.74, 6) is 1.13. The number of ether oxygens (including phenoxy) is 1. The van der Waals surface area contributed by atoms with Crippen LogP contribution in [0.3, 0.4) is 0 Å². The van der Waals surface area contributed by atoms with Crippen LogP contribution in [0.1, 0.15) is 30.3 Å². The van der Waals surface area contributed by atoms with Gasteiger partial charge in [0.2, 0.25) is 0 Å². The lowest BCUT2D eigenvalue weighted by Gasteiger charge is -2.09. The molecule has 1 aromatic rings. The number of rotatable bonds is 5. The lowest BCUT2D eigenvalue weighted by atomic mass is 10.2. The van der Waals surface area contributed by atoms with E-state index in [1.165, 1.54) is 0 Å². The summed E-state index contributed by atoms with van der Waals surface area (Å²) in [4.78, 5) is 8.37. The number of nitrogen functional groups attached to an aromatic ring is 1. The molecule has 0 bridgehead atoms. The first kappa shape index (κ1) is 14.5. The zero-order chi connectivity index (χ0) is 14.0. The van der Waals surface area contributed by atoms with Crippen LogP contribution in [-0.4, -0.2) is 29.4 Å². The number of halogens is 4. The molecule has 0 aliphatic heterocycles. The smallest absolute Gasteiger partial charge is 0.383 e. The van der Waals surface area contributed by atoms with Gasteiger partial charge in [-0.15, -0.1) is 0 Å². The minimum Gasteiger partial charge on any atom is -0.383 e. The van der Waals surface area contributed by atoms with Gasteiger partial charge in [-0.25, -0.2) is 9.97 Å². The molecule has 2 N–H and O–H groups in total. The minimum absolute atomic E-state index is 0.0787. The highest BCUT2D eigenvalue weighted by molar-refractivity contribution is 9.10. The predicted molar refractivity (Wildman–Crippen MR) is 66.7 cm³/mol. The Morgan fingerprint density at radius 2 is 2.00 bits per heavy atom. The van der Waals surface area contributed by atoms with Gasteiger partial charge < -0.3 is 10.5 Å². The summed E-state index contributed by atoms with van der Waals surface area (Å²) < 4.78 is 40.9. The molecule has 0 aromatic carbocycles. The van der Waals surface area contributed by atoms with Crippen molar-refractivity contribution >= 4 is 21.7 Å². The standard InChI is InChI=1S/C11H13BrF3N3O/c12-8-9(6-1-2-6)17-7(18-10(8)16)3-4-19-5-11(13,14)15/h6H,1-5H2,(H2,16,17,18). The Labute approximate surface area is 116 Å². The quantitative estimate of drug-likeness (QED) is 0.838. The molecule has 1 aromatic heterocycles. The number of nitrogens with two attached hydrogens (primary N) is 1. The summed E-state index contributed by atoms with van der Waals surface area (Å²) in [7, 11) is 0. The second kappa shape index (κ2) is 5.62. The molecule has 1 aliphatic rings. The van der Waals surface area contributed by atoms with E-state index in [0.29, 0.717) is 22.0 Å². The number of hydrogen-bond donors (Lipinski definition) is 1. The highest BCUT2D eigenvalue weighted by Gasteiger charge is 2.29. The van der Waals surface area contributed by atoms with Gasteiger partial charge in [-0.3, -0.25) is 0 Å². The van der Waals surface area contributed by atoms with Crippen LogP contribution >= 0.6 is 15.9 Å². The largest absolute Gasteiger partial charge is 0.411 e. The van der Waals surface area contributed by atoms with Crippen molar-refractivity contribution in [2.45, 2.75) is 31.4 Å². The van der Waals surface area contributed by atoms with E-state index in [1.54, 1.807) is 0 Å². The van der Waals surface area contributed by atoms with E-state index in [1.807, 2.05) is 0 Å². The van der Waals surface area contributed by atoms with Crippen molar-refractivity contribution in [3.63, 3.8) is 0 Å². The van der Waals surface area contributed by atoms with Gasteiger partial charge in [0, 0.05) is 12.3 Å². The summed E-state index contributed by atoms with van der Waals surface area (Å²) in [6.45, 7) is -1.33. The van der Waals surface area contributed by atoms with Gasteiger partial charge in [0.05, 0.1) is 16.8 Å². The third-order valence-electron chi connectivity index (χ3n) is 2.65. The lowest BCUT2D eigenvalue weighted by Crippen LogP contribution is -2.18. The summed E-state index contributed by atoms with van der Waals surface area (Å²) in [6, 6.07) is 0. The Bertz CT molecular complexity index is 463. The topological polar surface area (TPSA) is 61.0 Å². The Hall–Kier alpha value is -0.890. The van der Waals surface area contributed by atoms with Crippen molar-refractivity contribution in [1.29, 1.82) is 0 Å². The van der Waals surface area contributed by atoms with Gasteiger partial charge in [0.1, 0.15) is 18.2 Å².